The van der Waals surface area contributed by atoms with Gasteiger partial charge in [-0.25, -0.2) is 17.2 Å². The molecular weight excluding hydrogens is 585 g/mol. The van der Waals surface area contributed by atoms with Crippen LogP contribution in [0.1, 0.15) is 24.8 Å². The van der Waals surface area contributed by atoms with Gasteiger partial charge in [-0.3, -0.25) is 9.10 Å². The Bertz CT molecular complexity index is 1710. The van der Waals surface area contributed by atoms with Gasteiger partial charge in [0.2, 0.25) is 0 Å². The van der Waals surface area contributed by atoms with E-state index in [1.807, 2.05) is 0 Å². The number of sulfonamides is 1. The molecule has 4 atom stereocenters. The summed E-state index contributed by atoms with van der Waals surface area (Å²) >= 11 is 0. The van der Waals surface area contributed by atoms with Crippen LogP contribution in [0.5, 0.6) is 5.75 Å². The number of carboxylic acid groups (broad SMARTS) is 1. The summed E-state index contributed by atoms with van der Waals surface area (Å²) in [5, 5.41) is 19.8. The Morgan fingerprint density at radius 2 is 1.83 bits per heavy atom. The van der Waals surface area contributed by atoms with Crippen LogP contribution >= 0.6 is 0 Å². The van der Waals surface area contributed by atoms with Crippen molar-refractivity contribution in [2.75, 3.05) is 17.5 Å². The third-order valence-electron chi connectivity index (χ3n) is 8.74. The quantitative estimate of drug-likeness (QED) is 0.345. The van der Waals surface area contributed by atoms with Gasteiger partial charge < -0.3 is 14.9 Å². The van der Waals surface area contributed by atoms with Crippen molar-refractivity contribution in [3.05, 3.63) is 77.9 Å². The van der Waals surface area contributed by atoms with Crippen LogP contribution in [0.4, 0.5) is 27.6 Å². The first kappa shape index (κ1) is 28.4. The summed E-state index contributed by atoms with van der Waals surface area (Å²) in [5.41, 5.74) is -3.13. The van der Waals surface area contributed by atoms with E-state index in [-0.39, 0.29) is 47.9 Å². The molecule has 0 radical (unpaired) electrons. The number of fused-ring (bicyclic) bond motifs is 2. The molecule has 1 heterocycles. The van der Waals surface area contributed by atoms with E-state index >= 15 is 0 Å². The molecular formula is C29H24F5NO6S. The lowest BCUT2D eigenvalue weighted by Crippen LogP contribution is -2.53. The second-order valence-corrected chi connectivity index (χ2v) is 13.1. The molecule has 0 bridgehead atoms. The summed E-state index contributed by atoms with van der Waals surface area (Å²) in [6, 6.07) is 9.89. The van der Waals surface area contributed by atoms with Crippen molar-refractivity contribution in [2.45, 2.75) is 36.4 Å². The number of benzene rings is 3. The highest BCUT2D eigenvalue weighted by Gasteiger charge is 2.77. The Labute approximate surface area is 237 Å². The lowest BCUT2D eigenvalue weighted by atomic mass is 9.59. The number of nitrogens with zero attached hydrogens (tertiary/aromatic N) is 1. The molecule has 3 aliphatic rings. The van der Waals surface area contributed by atoms with E-state index in [0.29, 0.717) is 12.5 Å². The van der Waals surface area contributed by atoms with Gasteiger partial charge in [-0.2, -0.15) is 13.2 Å². The van der Waals surface area contributed by atoms with Crippen LogP contribution in [0.15, 0.2) is 65.6 Å². The van der Waals surface area contributed by atoms with Gasteiger partial charge in [-0.15, -0.1) is 0 Å². The molecule has 0 amide bonds. The van der Waals surface area contributed by atoms with Crippen molar-refractivity contribution in [3.63, 3.8) is 0 Å². The Morgan fingerprint density at radius 3 is 2.48 bits per heavy atom. The maximum Gasteiger partial charge on any atom is 0.416 e. The number of aliphatic carboxylic acids is 1. The molecule has 13 heteroatoms. The predicted octanol–water partition coefficient (Wildman–Crippen LogP) is 5.47. The van der Waals surface area contributed by atoms with Crippen molar-refractivity contribution in [1.82, 2.24) is 0 Å². The zero-order chi connectivity index (χ0) is 30.2. The molecule has 2 saturated carbocycles. The topological polar surface area (TPSA) is 104 Å². The van der Waals surface area contributed by atoms with Gasteiger partial charge in [0.05, 0.1) is 28.1 Å². The SMILES string of the molecule is O=C(O)C1(C[C@H]2CN(S(=O)(=O)c3cccc(C(F)(F)F)c3)c3cc(-c4cc(F)ccc4F)ccc3O2)C[C@]2(CO)CC12. The number of carboxylic acids is 1. The maximum atomic E-state index is 14.6. The van der Waals surface area contributed by atoms with Crippen LogP contribution in [-0.4, -0.2) is 43.9 Å². The fourth-order valence-corrected chi connectivity index (χ4v) is 8.15. The highest BCUT2D eigenvalue weighted by molar-refractivity contribution is 7.92. The van der Waals surface area contributed by atoms with E-state index in [1.54, 1.807) is 0 Å². The summed E-state index contributed by atoms with van der Waals surface area (Å²) in [4.78, 5) is 11.7. The number of carbonyl (C=O) groups is 1. The molecule has 1 aliphatic heterocycles. The van der Waals surface area contributed by atoms with Crippen LogP contribution < -0.4 is 9.04 Å². The summed E-state index contributed by atoms with van der Waals surface area (Å²) in [6.07, 6.45) is -5.25. The van der Waals surface area contributed by atoms with Gasteiger partial charge in [0.1, 0.15) is 23.5 Å². The van der Waals surface area contributed by atoms with Crippen LogP contribution in [0, 0.1) is 28.4 Å². The number of hydrogen-bond acceptors (Lipinski definition) is 5. The Kier molecular flexibility index (Phi) is 6.36. The van der Waals surface area contributed by atoms with Gasteiger partial charge in [0.25, 0.3) is 10.0 Å². The monoisotopic (exact) mass is 609 g/mol. The first-order valence-electron chi connectivity index (χ1n) is 13.0. The molecule has 2 aliphatic carbocycles. The first-order valence-corrected chi connectivity index (χ1v) is 14.4. The Morgan fingerprint density at radius 1 is 1.07 bits per heavy atom. The van der Waals surface area contributed by atoms with Crippen molar-refractivity contribution in [3.8, 4) is 16.9 Å². The second kappa shape index (κ2) is 9.40. The number of aliphatic hydroxyl groups excluding tert-OH is 1. The summed E-state index contributed by atoms with van der Waals surface area (Å²) in [6.45, 7) is -0.620. The second-order valence-electron chi connectivity index (χ2n) is 11.2. The molecule has 2 fully saturated rings. The minimum Gasteiger partial charge on any atom is -0.486 e. The van der Waals surface area contributed by atoms with Crippen LogP contribution in [0.3, 0.4) is 0 Å². The fourth-order valence-electron chi connectivity index (χ4n) is 6.60. The lowest BCUT2D eigenvalue weighted by Gasteiger charge is -2.46. The minimum absolute atomic E-state index is 0.0218. The minimum atomic E-state index is -4.82. The Balaban J connectivity index is 1.43. The van der Waals surface area contributed by atoms with Crippen molar-refractivity contribution in [1.29, 1.82) is 0 Å². The third kappa shape index (κ3) is 4.41. The van der Waals surface area contributed by atoms with E-state index in [1.165, 1.54) is 18.2 Å². The molecule has 42 heavy (non-hydrogen) atoms. The number of rotatable bonds is 7. The molecule has 2 N–H and O–H groups in total. The van der Waals surface area contributed by atoms with E-state index < -0.39 is 67.7 Å². The largest absolute Gasteiger partial charge is 0.486 e. The molecule has 7 nitrogen and oxygen atoms in total. The van der Waals surface area contributed by atoms with Crippen LogP contribution in [-0.2, 0) is 21.0 Å². The number of aliphatic hydroxyl groups is 1. The van der Waals surface area contributed by atoms with Gasteiger partial charge in [-0.05, 0) is 78.3 Å². The molecule has 2 unspecified atom stereocenters. The smallest absolute Gasteiger partial charge is 0.416 e. The van der Waals surface area contributed by atoms with E-state index in [4.69, 9.17) is 4.74 Å². The molecule has 222 valence electrons. The van der Waals surface area contributed by atoms with Crippen molar-refractivity contribution >= 4 is 21.7 Å². The van der Waals surface area contributed by atoms with Gasteiger partial charge in [0, 0.05) is 18.6 Å². The summed E-state index contributed by atoms with van der Waals surface area (Å²) in [5.74, 6) is -2.97. The average molecular weight is 610 g/mol. The lowest BCUT2D eigenvalue weighted by molar-refractivity contribution is -0.163. The van der Waals surface area contributed by atoms with Crippen LogP contribution in [0.2, 0.25) is 0 Å². The zero-order valence-corrected chi connectivity index (χ0v) is 22.6. The normalized spacial score (nSPS) is 26.5. The molecule has 6 rings (SSSR count). The van der Waals surface area contributed by atoms with Crippen LogP contribution in [0.25, 0.3) is 11.1 Å². The highest BCUT2D eigenvalue weighted by atomic mass is 32.2. The van der Waals surface area contributed by atoms with E-state index in [2.05, 4.69) is 0 Å². The number of halogens is 5. The predicted molar refractivity (Wildman–Crippen MR) is 139 cm³/mol. The van der Waals surface area contributed by atoms with E-state index in [9.17, 15) is 45.4 Å². The average Bonchev–Trinajstić information content (AvgIpc) is 3.57. The van der Waals surface area contributed by atoms with Crippen molar-refractivity contribution < 1.29 is 50.1 Å². The number of hydrogen-bond donors (Lipinski definition) is 2. The molecule has 3 aromatic carbocycles. The number of alkyl halides is 3. The Hall–Kier alpha value is -3.71. The first-order chi connectivity index (χ1) is 19.7. The van der Waals surface area contributed by atoms with Gasteiger partial charge in [-0.1, -0.05) is 12.1 Å². The standard InChI is InChI=1S/C29H24F5NO6S/c30-18-5-6-22(31)21(10-18)16-4-7-24-23(8-16)35(42(39,40)20-3-1-2-17(9-20)29(32,33)34)13-19(41-24)11-28(26(37)38)14-27(15-36)12-25(27)28/h1-10,19,25,36H,11-15H2,(H,37,38)/t19-,25?,27-,28?/m0/s1. The third-order valence-corrected chi connectivity index (χ3v) is 10.5. The fraction of sp³-hybridized carbons (Fsp3) is 0.345. The maximum absolute atomic E-state index is 14.6. The van der Waals surface area contributed by atoms with E-state index in [0.717, 1.165) is 40.7 Å². The number of anilines is 1. The number of ether oxygens (including phenoxy) is 1. The molecule has 0 saturated heterocycles. The summed E-state index contributed by atoms with van der Waals surface area (Å²) in [7, 11) is -4.69. The zero-order valence-electron chi connectivity index (χ0n) is 21.7. The highest BCUT2D eigenvalue weighted by Crippen LogP contribution is 2.77. The molecule has 0 spiro atoms. The molecule has 3 aromatic rings. The van der Waals surface area contributed by atoms with Gasteiger partial charge >= 0.3 is 12.1 Å². The summed E-state index contributed by atoms with van der Waals surface area (Å²) < 4.78 is 104. The van der Waals surface area contributed by atoms with Gasteiger partial charge in [0.15, 0.2) is 0 Å². The van der Waals surface area contributed by atoms with Crippen molar-refractivity contribution in [2.24, 2.45) is 16.7 Å². The molecule has 0 aromatic heterocycles.